The van der Waals surface area contributed by atoms with E-state index in [1.54, 1.807) is 19.1 Å². The van der Waals surface area contributed by atoms with Crippen LogP contribution in [0.25, 0.3) is 0 Å². The van der Waals surface area contributed by atoms with Gasteiger partial charge in [0.2, 0.25) is 0 Å². The van der Waals surface area contributed by atoms with E-state index >= 15 is 0 Å². The standard InChI is InChI=1S/C12H10Cl2N2O2S/c1-6-10(11(17)18)19-12(16-6)15-5-7-2-3-8(13)9(14)4-7/h2-4H,5H2,1H3,(H,15,16)(H,17,18)/p-1. The number of aromatic carboxylic acids is 1. The molecule has 0 aliphatic carbocycles. The van der Waals surface area contributed by atoms with Crippen LogP contribution in [0.4, 0.5) is 5.13 Å². The smallest absolute Gasteiger partial charge is 0.183 e. The van der Waals surface area contributed by atoms with E-state index in [1.165, 1.54) is 0 Å². The van der Waals surface area contributed by atoms with Crippen molar-refractivity contribution in [3.05, 3.63) is 44.4 Å². The Labute approximate surface area is 124 Å². The Kier molecular flexibility index (Phi) is 4.29. The topological polar surface area (TPSA) is 65.0 Å². The van der Waals surface area contributed by atoms with Crippen LogP contribution in [0.5, 0.6) is 0 Å². The summed E-state index contributed by atoms with van der Waals surface area (Å²) in [5.74, 6) is -1.21. The molecule has 7 heteroatoms. The molecule has 0 fully saturated rings. The Hall–Kier alpha value is -1.30. The van der Waals surface area contributed by atoms with Gasteiger partial charge in [0.25, 0.3) is 0 Å². The highest BCUT2D eigenvalue weighted by Crippen LogP contribution is 2.25. The van der Waals surface area contributed by atoms with Crippen LogP contribution in [0.3, 0.4) is 0 Å². The highest BCUT2D eigenvalue weighted by Gasteiger charge is 2.08. The zero-order chi connectivity index (χ0) is 14.0. The summed E-state index contributed by atoms with van der Waals surface area (Å²) >= 11 is 12.8. The molecule has 4 nitrogen and oxygen atoms in total. The quantitative estimate of drug-likeness (QED) is 0.942. The number of nitrogens with one attached hydrogen (secondary N) is 1. The first kappa shape index (κ1) is 14.1. The maximum atomic E-state index is 10.8. The first-order valence-electron chi connectivity index (χ1n) is 5.34. The third-order valence-electron chi connectivity index (χ3n) is 2.41. The van der Waals surface area contributed by atoms with Gasteiger partial charge in [-0.05, 0) is 24.6 Å². The molecule has 2 rings (SSSR count). The summed E-state index contributed by atoms with van der Waals surface area (Å²) in [7, 11) is 0. The molecular weight excluding hydrogens is 307 g/mol. The number of carbonyl (C=O) groups excluding carboxylic acids is 1. The molecule has 0 atom stereocenters. The monoisotopic (exact) mass is 315 g/mol. The van der Waals surface area contributed by atoms with Crippen molar-refractivity contribution in [1.29, 1.82) is 0 Å². The maximum absolute atomic E-state index is 10.8. The van der Waals surface area contributed by atoms with Gasteiger partial charge in [-0.25, -0.2) is 4.98 Å². The largest absolute Gasteiger partial charge is 0.544 e. The lowest BCUT2D eigenvalue weighted by Gasteiger charge is -2.04. The van der Waals surface area contributed by atoms with Gasteiger partial charge in [0.05, 0.1) is 26.6 Å². The number of aryl methyl sites for hydroxylation is 1. The lowest BCUT2D eigenvalue weighted by atomic mass is 10.2. The van der Waals surface area contributed by atoms with Gasteiger partial charge in [-0.15, -0.1) is 0 Å². The van der Waals surface area contributed by atoms with Gasteiger partial charge in [0.15, 0.2) is 5.13 Å². The van der Waals surface area contributed by atoms with Gasteiger partial charge in [-0.1, -0.05) is 40.6 Å². The number of carbonyl (C=O) groups is 1. The molecule has 0 saturated heterocycles. The van der Waals surface area contributed by atoms with E-state index in [1.807, 2.05) is 6.07 Å². The minimum atomic E-state index is -1.21. The van der Waals surface area contributed by atoms with Crippen LogP contribution in [0.1, 0.15) is 20.9 Å². The number of anilines is 1. The minimum absolute atomic E-state index is 0.136. The summed E-state index contributed by atoms with van der Waals surface area (Å²) in [6.07, 6.45) is 0. The average Bonchev–Trinajstić information content (AvgIpc) is 2.72. The summed E-state index contributed by atoms with van der Waals surface area (Å²) in [5.41, 5.74) is 1.37. The Bertz CT molecular complexity index is 628. The SMILES string of the molecule is Cc1nc(NCc2ccc(Cl)c(Cl)c2)sc1C(=O)[O-]. The van der Waals surface area contributed by atoms with Crippen molar-refractivity contribution in [2.45, 2.75) is 13.5 Å². The summed E-state index contributed by atoms with van der Waals surface area (Å²) < 4.78 is 0. The second kappa shape index (κ2) is 5.77. The molecule has 0 amide bonds. The molecule has 0 aliphatic rings. The molecule has 0 saturated carbocycles. The van der Waals surface area contributed by atoms with E-state index in [4.69, 9.17) is 23.2 Å². The van der Waals surface area contributed by atoms with Crippen LogP contribution >= 0.6 is 34.5 Å². The van der Waals surface area contributed by atoms with Crippen molar-refractivity contribution in [3.8, 4) is 0 Å². The summed E-state index contributed by atoms with van der Waals surface area (Å²) in [6.45, 7) is 2.11. The molecule has 1 heterocycles. The third kappa shape index (κ3) is 3.37. The first-order valence-corrected chi connectivity index (χ1v) is 6.91. The fourth-order valence-corrected chi connectivity index (χ4v) is 2.61. The maximum Gasteiger partial charge on any atom is 0.183 e. The summed E-state index contributed by atoms with van der Waals surface area (Å²) in [6, 6.07) is 5.29. The number of carboxylic acid groups (broad SMARTS) is 1. The van der Waals surface area contributed by atoms with E-state index in [9.17, 15) is 9.90 Å². The highest BCUT2D eigenvalue weighted by molar-refractivity contribution is 7.17. The van der Waals surface area contributed by atoms with Crippen LogP contribution in [0.2, 0.25) is 10.0 Å². The molecular formula is C12H9Cl2N2O2S-. The van der Waals surface area contributed by atoms with Crippen molar-refractivity contribution in [2.24, 2.45) is 0 Å². The molecule has 0 aliphatic heterocycles. The van der Waals surface area contributed by atoms with Crippen molar-refractivity contribution in [2.75, 3.05) is 5.32 Å². The van der Waals surface area contributed by atoms with Gasteiger partial charge in [-0.2, -0.15) is 0 Å². The number of rotatable bonds is 4. The molecule has 0 radical (unpaired) electrons. The Morgan fingerprint density at radius 3 is 2.74 bits per heavy atom. The third-order valence-corrected chi connectivity index (χ3v) is 4.24. The fraction of sp³-hybridized carbons (Fsp3) is 0.167. The van der Waals surface area contributed by atoms with E-state index < -0.39 is 5.97 Å². The molecule has 0 unspecified atom stereocenters. The number of halogens is 2. The second-order valence-electron chi connectivity index (χ2n) is 3.82. The average molecular weight is 316 g/mol. The van der Waals surface area contributed by atoms with Gasteiger partial charge in [0, 0.05) is 6.54 Å². The molecule has 100 valence electrons. The number of hydrogen-bond donors (Lipinski definition) is 1. The first-order chi connectivity index (χ1) is 8.97. The zero-order valence-corrected chi connectivity index (χ0v) is 12.2. The Morgan fingerprint density at radius 1 is 1.42 bits per heavy atom. The predicted octanol–water partition coefficient (Wildman–Crippen LogP) is 2.73. The van der Waals surface area contributed by atoms with E-state index in [0.29, 0.717) is 27.4 Å². The molecule has 1 aromatic heterocycles. The van der Waals surface area contributed by atoms with Crippen LogP contribution in [0, 0.1) is 6.92 Å². The predicted molar refractivity (Wildman–Crippen MR) is 75.0 cm³/mol. The van der Waals surface area contributed by atoms with E-state index in [2.05, 4.69) is 10.3 Å². The lowest BCUT2D eigenvalue weighted by molar-refractivity contribution is -0.254. The van der Waals surface area contributed by atoms with Gasteiger partial charge in [-0.3, -0.25) is 0 Å². The molecule has 0 bridgehead atoms. The van der Waals surface area contributed by atoms with Crippen molar-refractivity contribution in [3.63, 3.8) is 0 Å². The van der Waals surface area contributed by atoms with Crippen LogP contribution in [-0.2, 0) is 6.54 Å². The number of benzene rings is 1. The van der Waals surface area contributed by atoms with E-state index in [-0.39, 0.29) is 4.88 Å². The molecule has 2 aromatic rings. The molecule has 0 spiro atoms. The van der Waals surface area contributed by atoms with Crippen molar-refractivity contribution >= 4 is 45.6 Å². The fourth-order valence-electron chi connectivity index (χ4n) is 1.49. The minimum Gasteiger partial charge on any atom is -0.544 e. The number of aromatic nitrogens is 1. The van der Waals surface area contributed by atoms with Crippen LogP contribution < -0.4 is 10.4 Å². The van der Waals surface area contributed by atoms with Gasteiger partial charge >= 0.3 is 0 Å². The molecule has 1 N–H and O–H groups in total. The van der Waals surface area contributed by atoms with Crippen molar-refractivity contribution in [1.82, 2.24) is 4.98 Å². The number of nitrogens with zero attached hydrogens (tertiary/aromatic N) is 1. The van der Waals surface area contributed by atoms with Crippen molar-refractivity contribution < 1.29 is 9.90 Å². The zero-order valence-electron chi connectivity index (χ0n) is 9.87. The molecule has 1 aromatic carbocycles. The van der Waals surface area contributed by atoms with Gasteiger partial charge < -0.3 is 15.2 Å². The second-order valence-corrected chi connectivity index (χ2v) is 5.64. The Balaban J connectivity index is 2.08. The van der Waals surface area contributed by atoms with E-state index in [0.717, 1.165) is 16.9 Å². The Morgan fingerprint density at radius 2 is 2.16 bits per heavy atom. The summed E-state index contributed by atoms with van der Waals surface area (Å²) in [4.78, 5) is 15.0. The summed E-state index contributed by atoms with van der Waals surface area (Å²) in [5, 5.41) is 15.3. The van der Waals surface area contributed by atoms with Crippen LogP contribution in [-0.4, -0.2) is 11.0 Å². The lowest BCUT2D eigenvalue weighted by Crippen LogP contribution is -2.21. The molecule has 19 heavy (non-hydrogen) atoms. The number of thiazole rings is 1. The van der Waals surface area contributed by atoms with Crippen LogP contribution in [0.15, 0.2) is 18.2 Å². The number of hydrogen-bond acceptors (Lipinski definition) is 5. The number of carboxylic acids is 1. The normalized spacial score (nSPS) is 10.5. The van der Waals surface area contributed by atoms with Gasteiger partial charge in [0.1, 0.15) is 0 Å². The highest BCUT2D eigenvalue weighted by atomic mass is 35.5.